The average molecular weight is 324 g/mol. The minimum Gasteiger partial charge on any atom is -0.358 e. The molecule has 0 radical (unpaired) electrons. The number of benzene rings is 1. The molecule has 0 bridgehead atoms. The molecule has 2 heterocycles. The predicted octanol–water partition coefficient (Wildman–Crippen LogP) is 0.584. The molecule has 116 valence electrons. The number of aromatic nitrogens is 1. The van der Waals surface area contributed by atoms with E-state index in [9.17, 15) is 22.4 Å². The standard InChI is InChI=1S/C14H13FN2O4S/c15-11-3-1-2-9-12(11)16-6-10(13(9)18)14(19)17-8-4-5-22(20,21)7-8/h1-3,6,8H,4-5,7H2,(H,16,18)(H,17,19). The number of sulfone groups is 1. The van der Waals surface area contributed by atoms with E-state index in [-0.39, 0.29) is 28.0 Å². The van der Waals surface area contributed by atoms with Gasteiger partial charge in [0.05, 0.1) is 17.0 Å². The first kappa shape index (κ1) is 14.7. The molecule has 1 aliphatic rings. The lowest BCUT2D eigenvalue weighted by Crippen LogP contribution is -2.38. The van der Waals surface area contributed by atoms with E-state index in [4.69, 9.17) is 0 Å². The van der Waals surface area contributed by atoms with Crippen molar-refractivity contribution in [3.8, 4) is 0 Å². The maximum Gasteiger partial charge on any atom is 0.257 e. The van der Waals surface area contributed by atoms with Crippen molar-refractivity contribution in [1.82, 2.24) is 10.3 Å². The van der Waals surface area contributed by atoms with E-state index >= 15 is 0 Å². The van der Waals surface area contributed by atoms with Gasteiger partial charge < -0.3 is 10.3 Å². The Bertz CT molecular complexity index is 920. The van der Waals surface area contributed by atoms with E-state index in [1.54, 1.807) is 0 Å². The summed E-state index contributed by atoms with van der Waals surface area (Å²) in [6.07, 6.45) is 1.47. The van der Waals surface area contributed by atoms with Crippen molar-refractivity contribution in [2.24, 2.45) is 0 Å². The van der Waals surface area contributed by atoms with Crippen LogP contribution in [0.5, 0.6) is 0 Å². The third kappa shape index (κ3) is 2.61. The second kappa shape index (κ2) is 5.20. The van der Waals surface area contributed by atoms with Gasteiger partial charge in [0.25, 0.3) is 5.91 Å². The first-order valence-electron chi connectivity index (χ1n) is 6.68. The fraction of sp³-hybridized carbons (Fsp3) is 0.286. The molecule has 0 spiro atoms. The topological polar surface area (TPSA) is 96.1 Å². The lowest BCUT2D eigenvalue weighted by atomic mass is 10.1. The van der Waals surface area contributed by atoms with Gasteiger partial charge in [0.1, 0.15) is 11.4 Å². The second-order valence-corrected chi connectivity index (χ2v) is 7.50. The van der Waals surface area contributed by atoms with Crippen LogP contribution in [0.15, 0.2) is 29.2 Å². The van der Waals surface area contributed by atoms with Gasteiger partial charge in [-0.3, -0.25) is 9.59 Å². The fourth-order valence-electron chi connectivity index (χ4n) is 2.56. The molecule has 1 aromatic heterocycles. The third-order valence-corrected chi connectivity index (χ3v) is 5.44. The predicted molar refractivity (Wildman–Crippen MR) is 79.1 cm³/mol. The van der Waals surface area contributed by atoms with E-state index in [1.165, 1.54) is 18.2 Å². The number of pyridine rings is 1. The van der Waals surface area contributed by atoms with Gasteiger partial charge in [-0.2, -0.15) is 0 Å². The normalized spacial score (nSPS) is 20.1. The molecule has 8 heteroatoms. The zero-order chi connectivity index (χ0) is 15.9. The molecular weight excluding hydrogens is 311 g/mol. The smallest absolute Gasteiger partial charge is 0.257 e. The number of aromatic amines is 1. The van der Waals surface area contributed by atoms with Crippen LogP contribution in [-0.4, -0.2) is 36.9 Å². The van der Waals surface area contributed by atoms with Crippen LogP contribution in [0.3, 0.4) is 0 Å². The van der Waals surface area contributed by atoms with E-state index in [0.29, 0.717) is 6.42 Å². The Kier molecular flexibility index (Phi) is 3.48. The number of nitrogens with one attached hydrogen (secondary N) is 2. The number of halogens is 1. The summed E-state index contributed by atoms with van der Waals surface area (Å²) in [5, 5.41) is 2.61. The van der Waals surface area contributed by atoms with Crippen LogP contribution in [-0.2, 0) is 9.84 Å². The second-order valence-electron chi connectivity index (χ2n) is 5.27. The quantitative estimate of drug-likeness (QED) is 0.845. The lowest BCUT2D eigenvalue weighted by molar-refractivity contribution is 0.0940. The maximum absolute atomic E-state index is 13.6. The number of fused-ring (bicyclic) bond motifs is 1. The molecule has 0 aliphatic carbocycles. The van der Waals surface area contributed by atoms with E-state index in [0.717, 1.165) is 6.20 Å². The number of para-hydroxylation sites is 1. The number of hydrogen-bond donors (Lipinski definition) is 2. The highest BCUT2D eigenvalue weighted by molar-refractivity contribution is 7.91. The molecular formula is C14H13FN2O4S. The molecule has 2 N–H and O–H groups in total. The Morgan fingerprint density at radius 3 is 2.82 bits per heavy atom. The van der Waals surface area contributed by atoms with Gasteiger partial charge >= 0.3 is 0 Å². The molecule has 1 aromatic carbocycles. The largest absolute Gasteiger partial charge is 0.358 e. The first-order valence-corrected chi connectivity index (χ1v) is 8.51. The summed E-state index contributed by atoms with van der Waals surface area (Å²) in [6, 6.07) is 3.52. The van der Waals surface area contributed by atoms with Crippen molar-refractivity contribution in [1.29, 1.82) is 0 Å². The summed E-state index contributed by atoms with van der Waals surface area (Å²) in [5.41, 5.74) is -0.721. The highest BCUT2D eigenvalue weighted by atomic mass is 32.2. The minimum absolute atomic E-state index is 0.0250. The average Bonchev–Trinajstić information content (AvgIpc) is 2.79. The molecule has 1 aliphatic heterocycles. The van der Waals surface area contributed by atoms with Gasteiger partial charge in [0.2, 0.25) is 5.43 Å². The highest BCUT2D eigenvalue weighted by Crippen LogP contribution is 2.14. The zero-order valence-electron chi connectivity index (χ0n) is 11.4. The maximum atomic E-state index is 13.6. The van der Waals surface area contributed by atoms with Gasteiger partial charge in [-0.15, -0.1) is 0 Å². The summed E-state index contributed by atoms with van der Waals surface area (Å²) in [5.74, 6) is -1.34. The molecule has 1 atom stereocenters. The molecule has 1 unspecified atom stereocenters. The molecule has 1 fully saturated rings. The van der Waals surface area contributed by atoms with E-state index < -0.39 is 33.0 Å². The van der Waals surface area contributed by atoms with Crippen LogP contribution in [0.4, 0.5) is 4.39 Å². The van der Waals surface area contributed by atoms with E-state index in [1.807, 2.05) is 0 Å². The lowest BCUT2D eigenvalue weighted by Gasteiger charge is -2.10. The van der Waals surface area contributed by atoms with Crippen molar-refractivity contribution in [2.75, 3.05) is 11.5 Å². The van der Waals surface area contributed by atoms with Crippen LogP contribution in [0, 0.1) is 5.82 Å². The molecule has 2 aromatic rings. The van der Waals surface area contributed by atoms with Crippen molar-refractivity contribution >= 4 is 26.6 Å². The van der Waals surface area contributed by atoms with Gasteiger partial charge in [0, 0.05) is 17.6 Å². The molecule has 22 heavy (non-hydrogen) atoms. The van der Waals surface area contributed by atoms with Gasteiger partial charge in [-0.05, 0) is 18.6 Å². The van der Waals surface area contributed by atoms with Gasteiger partial charge in [0.15, 0.2) is 9.84 Å². The Balaban J connectivity index is 1.92. The molecule has 0 saturated carbocycles. The Labute approximate surface area is 125 Å². The summed E-state index contributed by atoms with van der Waals surface area (Å²) in [4.78, 5) is 27.0. The fourth-order valence-corrected chi connectivity index (χ4v) is 4.23. The van der Waals surface area contributed by atoms with Crippen molar-refractivity contribution in [2.45, 2.75) is 12.5 Å². The molecule has 6 nitrogen and oxygen atoms in total. The summed E-state index contributed by atoms with van der Waals surface area (Å²) >= 11 is 0. The summed E-state index contributed by atoms with van der Waals surface area (Å²) < 4.78 is 36.3. The number of carbonyl (C=O) groups is 1. The van der Waals surface area contributed by atoms with E-state index in [2.05, 4.69) is 10.3 Å². The van der Waals surface area contributed by atoms with Crippen LogP contribution < -0.4 is 10.7 Å². The minimum atomic E-state index is -3.12. The molecule has 1 saturated heterocycles. The Morgan fingerprint density at radius 2 is 2.14 bits per heavy atom. The molecule has 3 rings (SSSR count). The first-order chi connectivity index (χ1) is 10.4. The molecule has 1 amide bonds. The zero-order valence-corrected chi connectivity index (χ0v) is 12.2. The van der Waals surface area contributed by atoms with Crippen molar-refractivity contribution in [3.63, 3.8) is 0 Å². The highest BCUT2D eigenvalue weighted by Gasteiger charge is 2.29. The number of rotatable bonds is 2. The summed E-state index contributed by atoms with van der Waals surface area (Å²) in [7, 11) is -3.12. The van der Waals surface area contributed by atoms with Crippen LogP contribution in [0.1, 0.15) is 16.8 Å². The Hall–Kier alpha value is -2.22. The number of carbonyl (C=O) groups excluding carboxylic acids is 1. The summed E-state index contributed by atoms with van der Waals surface area (Å²) in [6.45, 7) is 0. The van der Waals surface area contributed by atoms with Crippen molar-refractivity contribution < 1.29 is 17.6 Å². The Morgan fingerprint density at radius 1 is 1.36 bits per heavy atom. The van der Waals surface area contributed by atoms with Crippen LogP contribution in [0.25, 0.3) is 10.9 Å². The van der Waals surface area contributed by atoms with Crippen LogP contribution in [0.2, 0.25) is 0 Å². The monoisotopic (exact) mass is 324 g/mol. The SMILES string of the molecule is O=C(NC1CCS(=O)(=O)C1)c1c[nH]c2c(F)cccc2c1=O. The van der Waals surface area contributed by atoms with Crippen molar-refractivity contribution in [3.05, 3.63) is 46.0 Å². The third-order valence-electron chi connectivity index (χ3n) is 3.68. The number of hydrogen-bond acceptors (Lipinski definition) is 4. The van der Waals surface area contributed by atoms with Gasteiger partial charge in [-0.1, -0.05) is 6.07 Å². The number of H-pyrrole nitrogens is 1. The number of amides is 1. The van der Waals surface area contributed by atoms with Crippen LogP contribution >= 0.6 is 0 Å². The van der Waals surface area contributed by atoms with Gasteiger partial charge in [-0.25, -0.2) is 12.8 Å².